The second-order valence-electron chi connectivity index (χ2n) is 3.71. The van der Waals surface area contributed by atoms with Crippen molar-refractivity contribution in [1.29, 1.82) is 0 Å². The van der Waals surface area contributed by atoms with Gasteiger partial charge in [-0.3, -0.25) is 4.98 Å². The molecule has 1 aliphatic rings. The smallest absolute Gasteiger partial charge is 0.0963 e. The SMILES string of the molecule is NC(Cc1cccnc1)C1COCCO1. The number of nitrogens with two attached hydrogens (primary N) is 1. The average Bonchev–Trinajstić information content (AvgIpc) is 2.31. The molecule has 0 aliphatic carbocycles. The van der Waals surface area contributed by atoms with Gasteiger partial charge in [-0.05, 0) is 18.1 Å². The molecule has 2 unspecified atom stereocenters. The molecular weight excluding hydrogens is 192 g/mol. The number of hydrogen-bond donors (Lipinski definition) is 1. The van der Waals surface area contributed by atoms with Crippen molar-refractivity contribution in [2.75, 3.05) is 19.8 Å². The second kappa shape index (κ2) is 5.21. The summed E-state index contributed by atoms with van der Waals surface area (Å²) in [6, 6.07) is 3.92. The van der Waals surface area contributed by atoms with Crippen molar-refractivity contribution in [2.24, 2.45) is 5.73 Å². The minimum absolute atomic E-state index is 0.0129. The summed E-state index contributed by atoms with van der Waals surface area (Å²) in [5.74, 6) is 0. The maximum Gasteiger partial charge on any atom is 0.0963 e. The molecule has 2 atom stereocenters. The van der Waals surface area contributed by atoms with Crippen molar-refractivity contribution in [3.63, 3.8) is 0 Å². The van der Waals surface area contributed by atoms with E-state index in [-0.39, 0.29) is 12.1 Å². The van der Waals surface area contributed by atoms with Crippen LogP contribution in [0.3, 0.4) is 0 Å². The van der Waals surface area contributed by atoms with Crippen molar-refractivity contribution in [1.82, 2.24) is 4.98 Å². The average molecular weight is 208 g/mol. The summed E-state index contributed by atoms with van der Waals surface area (Å²) in [4.78, 5) is 4.06. The lowest BCUT2D eigenvalue weighted by Gasteiger charge is -2.27. The minimum atomic E-state index is -0.0190. The number of hydrogen-bond acceptors (Lipinski definition) is 4. The highest BCUT2D eigenvalue weighted by Crippen LogP contribution is 2.09. The van der Waals surface area contributed by atoms with Crippen LogP contribution < -0.4 is 5.73 Å². The van der Waals surface area contributed by atoms with Gasteiger partial charge in [0.1, 0.15) is 0 Å². The highest BCUT2D eigenvalue weighted by molar-refractivity contribution is 5.10. The summed E-state index contributed by atoms with van der Waals surface area (Å²) in [7, 11) is 0. The van der Waals surface area contributed by atoms with Gasteiger partial charge in [0.15, 0.2) is 0 Å². The third-order valence-corrected chi connectivity index (χ3v) is 2.51. The Morgan fingerprint density at radius 1 is 1.53 bits per heavy atom. The van der Waals surface area contributed by atoms with Gasteiger partial charge in [-0.15, -0.1) is 0 Å². The molecule has 0 spiro atoms. The molecule has 2 N–H and O–H groups in total. The van der Waals surface area contributed by atoms with E-state index in [9.17, 15) is 0 Å². The van der Waals surface area contributed by atoms with E-state index in [1.807, 2.05) is 18.3 Å². The molecule has 82 valence electrons. The Balaban J connectivity index is 1.88. The van der Waals surface area contributed by atoms with Crippen LogP contribution in [-0.2, 0) is 15.9 Å². The molecule has 4 nitrogen and oxygen atoms in total. The zero-order valence-electron chi connectivity index (χ0n) is 8.63. The zero-order chi connectivity index (χ0) is 10.5. The normalized spacial score (nSPS) is 23.7. The van der Waals surface area contributed by atoms with E-state index in [0.717, 1.165) is 12.0 Å². The number of pyridine rings is 1. The molecule has 1 fully saturated rings. The van der Waals surface area contributed by atoms with Gasteiger partial charge in [-0.1, -0.05) is 6.07 Å². The number of aromatic nitrogens is 1. The Morgan fingerprint density at radius 2 is 2.47 bits per heavy atom. The van der Waals surface area contributed by atoms with Gasteiger partial charge in [-0.25, -0.2) is 0 Å². The molecule has 0 saturated carbocycles. The summed E-state index contributed by atoms with van der Waals surface area (Å²) in [5.41, 5.74) is 7.19. The number of rotatable bonds is 3. The van der Waals surface area contributed by atoms with E-state index in [2.05, 4.69) is 4.98 Å². The highest BCUT2D eigenvalue weighted by Gasteiger charge is 2.21. The molecule has 4 heteroatoms. The molecule has 0 aromatic carbocycles. The van der Waals surface area contributed by atoms with Crippen LogP contribution in [0.25, 0.3) is 0 Å². The fraction of sp³-hybridized carbons (Fsp3) is 0.545. The maximum absolute atomic E-state index is 6.05. The van der Waals surface area contributed by atoms with Gasteiger partial charge in [0.05, 0.1) is 25.9 Å². The summed E-state index contributed by atoms with van der Waals surface area (Å²) >= 11 is 0. The molecule has 1 aliphatic heterocycles. The molecule has 1 aromatic rings. The Bertz CT molecular complexity index is 286. The molecule has 0 bridgehead atoms. The lowest BCUT2D eigenvalue weighted by molar-refractivity contribution is -0.0967. The van der Waals surface area contributed by atoms with Crippen LogP contribution in [0.5, 0.6) is 0 Å². The zero-order valence-corrected chi connectivity index (χ0v) is 8.63. The largest absolute Gasteiger partial charge is 0.376 e. The third kappa shape index (κ3) is 2.99. The summed E-state index contributed by atoms with van der Waals surface area (Å²) < 4.78 is 10.9. The summed E-state index contributed by atoms with van der Waals surface area (Å²) in [6.07, 6.45) is 4.39. The Morgan fingerprint density at radius 3 is 3.13 bits per heavy atom. The minimum Gasteiger partial charge on any atom is -0.376 e. The predicted molar refractivity (Wildman–Crippen MR) is 56.5 cm³/mol. The van der Waals surface area contributed by atoms with Gasteiger partial charge in [-0.2, -0.15) is 0 Å². The van der Waals surface area contributed by atoms with Gasteiger partial charge >= 0.3 is 0 Å². The molecule has 2 heterocycles. The van der Waals surface area contributed by atoms with Gasteiger partial charge < -0.3 is 15.2 Å². The van der Waals surface area contributed by atoms with E-state index < -0.39 is 0 Å². The fourth-order valence-corrected chi connectivity index (χ4v) is 1.68. The molecule has 0 radical (unpaired) electrons. The van der Waals surface area contributed by atoms with E-state index in [1.165, 1.54) is 0 Å². The lowest BCUT2D eigenvalue weighted by Crippen LogP contribution is -2.44. The van der Waals surface area contributed by atoms with Crippen LogP contribution >= 0.6 is 0 Å². The quantitative estimate of drug-likeness (QED) is 0.779. The molecule has 1 saturated heterocycles. The van der Waals surface area contributed by atoms with E-state index in [4.69, 9.17) is 15.2 Å². The third-order valence-electron chi connectivity index (χ3n) is 2.51. The van der Waals surface area contributed by atoms with Crippen molar-refractivity contribution in [2.45, 2.75) is 18.6 Å². The Hall–Kier alpha value is -0.970. The van der Waals surface area contributed by atoms with Gasteiger partial charge in [0, 0.05) is 18.4 Å². The van der Waals surface area contributed by atoms with Gasteiger partial charge in [0.25, 0.3) is 0 Å². The van der Waals surface area contributed by atoms with Gasteiger partial charge in [0.2, 0.25) is 0 Å². The van der Waals surface area contributed by atoms with Crippen LogP contribution in [0.4, 0.5) is 0 Å². The monoisotopic (exact) mass is 208 g/mol. The predicted octanol–water partition coefficient (Wildman–Crippen LogP) is 0.367. The Labute approximate surface area is 89.4 Å². The molecule has 2 rings (SSSR count). The molecule has 0 amide bonds. The summed E-state index contributed by atoms with van der Waals surface area (Å²) in [5, 5.41) is 0. The van der Waals surface area contributed by atoms with Crippen LogP contribution in [0.15, 0.2) is 24.5 Å². The first-order valence-electron chi connectivity index (χ1n) is 5.20. The summed E-state index contributed by atoms with van der Waals surface area (Å²) in [6.45, 7) is 1.92. The van der Waals surface area contributed by atoms with Crippen molar-refractivity contribution < 1.29 is 9.47 Å². The maximum atomic E-state index is 6.05. The number of nitrogens with zero attached hydrogens (tertiary/aromatic N) is 1. The van der Waals surface area contributed by atoms with E-state index in [1.54, 1.807) is 6.20 Å². The molecule has 1 aromatic heterocycles. The van der Waals surface area contributed by atoms with Crippen LogP contribution in [0, 0.1) is 0 Å². The topological polar surface area (TPSA) is 57.4 Å². The van der Waals surface area contributed by atoms with Crippen LogP contribution in [0.1, 0.15) is 5.56 Å². The first-order valence-corrected chi connectivity index (χ1v) is 5.20. The van der Waals surface area contributed by atoms with E-state index in [0.29, 0.717) is 19.8 Å². The Kier molecular flexibility index (Phi) is 3.66. The first kappa shape index (κ1) is 10.5. The standard InChI is InChI=1S/C11H16N2O2/c12-10(11-8-14-4-5-15-11)6-9-2-1-3-13-7-9/h1-3,7,10-11H,4-6,8,12H2. The lowest BCUT2D eigenvalue weighted by atomic mass is 10.0. The van der Waals surface area contributed by atoms with Crippen molar-refractivity contribution in [3.8, 4) is 0 Å². The highest BCUT2D eigenvalue weighted by atomic mass is 16.6. The molecule has 15 heavy (non-hydrogen) atoms. The van der Waals surface area contributed by atoms with Crippen molar-refractivity contribution >= 4 is 0 Å². The first-order chi connectivity index (χ1) is 7.36. The fourth-order valence-electron chi connectivity index (χ4n) is 1.68. The van der Waals surface area contributed by atoms with Crippen molar-refractivity contribution in [3.05, 3.63) is 30.1 Å². The van der Waals surface area contributed by atoms with Crippen LogP contribution in [0.2, 0.25) is 0 Å². The van der Waals surface area contributed by atoms with E-state index >= 15 is 0 Å². The second-order valence-corrected chi connectivity index (χ2v) is 3.71. The number of ether oxygens (including phenoxy) is 2. The molecular formula is C11H16N2O2. The van der Waals surface area contributed by atoms with Crippen LogP contribution in [-0.4, -0.2) is 37.0 Å².